The molecule has 4 N–H and O–H groups in total. The van der Waals surface area contributed by atoms with E-state index in [4.69, 9.17) is 9.84 Å². The van der Waals surface area contributed by atoms with Gasteiger partial charge >= 0.3 is 12.1 Å². The van der Waals surface area contributed by atoms with Crippen LogP contribution in [0, 0.1) is 11.8 Å². The van der Waals surface area contributed by atoms with Crippen LogP contribution in [-0.4, -0.2) is 51.3 Å². The number of halogens is 3. The van der Waals surface area contributed by atoms with Crippen LogP contribution in [0.4, 0.5) is 13.2 Å². The zero-order chi connectivity index (χ0) is 23.7. The summed E-state index contributed by atoms with van der Waals surface area (Å²) >= 11 is 0. The highest BCUT2D eigenvalue weighted by Crippen LogP contribution is 2.36. The average Bonchev–Trinajstić information content (AvgIpc) is 2.99. The van der Waals surface area contributed by atoms with Gasteiger partial charge in [-0.1, -0.05) is 30.4 Å². The van der Waals surface area contributed by atoms with Crippen molar-refractivity contribution in [2.45, 2.75) is 56.6 Å². The second kappa shape index (κ2) is 12.0. The van der Waals surface area contributed by atoms with Crippen LogP contribution in [0.25, 0.3) is 0 Å². The molecule has 1 fully saturated rings. The number of benzene rings is 1. The molecule has 0 bridgehead atoms. The number of hydrogen-bond donors (Lipinski definition) is 4. The number of aliphatic hydroxyl groups excluding tert-OH is 3. The van der Waals surface area contributed by atoms with Gasteiger partial charge in [0.25, 0.3) is 0 Å². The molecule has 0 aromatic heterocycles. The van der Waals surface area contributed by atoms with Gasteiger partial charge in [0.2, 0.25) is 0 Å². The number of alkyl halides is 3. The van der Waals surface area contributed by atoms with E-state index in [-0.39, 0.29) is 31.1 Å². The molecule has 0 aliphatic heterocycles. The monoisotopic (exact) mass is 458 g/mol. The van der Waals surface area contributed by atoms with Gasteiger partial charge in [-0.25, -0.2) is 0 Å². The molecule has 1 aliphatic rings. The SMILES string of the molecule is O=C(O)CCC/C=C\C[C@@H]1[C@H](/C=C/[C@H](O)COc2cccc(C(F)(F)F)c2)[C@H](O)C[C@H]1O. The summed E-state index contributed by atoms with van der Waals surface area (Å²) in [6, 6.07) is 4.36. The molecule has 1 aliphatic carbocycles. The molecule has 0 spiro atoms. The van der Waals surface area contributed by atoms with Gasteiger partial charge in [-0.3, -0.25) is 4.79 Å². The second-order valence-electron chi connectivity index (χ2n) is 7.89. The number of ether oxygens (including phenoxy) is 1. The van der Waals surface area contributed by atoms with Gasteiger partial charge in [0.05, 0.1) is 17.8 Å². The first-order valence-corrected chi connectivity index (χ1v) is 10.5. The molecule has 9 heteroatoms. The lowest BCUT2D eigenvalue weighted by Crippen LogP contribution is -2.21. The van der Waals surface area contributed by atoms with Gasteiger partial charge in [-0.15, -0.1) is 0 Å². The number of rotatable bonds is 11. The van der Waals surface area contributed by atoms with E-state index in [9.17, 15) is 33.3 Å². The summed E-state index contributed by atoms with van der Waals surface area (Å²) in [4.78, 5) is 10.5. The third-order valence-corrected chi connectivity index (χ3v) is 5.39. The van der Waals surface area contributed by atoms with Gasteiger partial charge < -0.3 is 25.2 Å². The van der Waals surface area contributed by atoms with Crippen LogP contribution in [0.3, 0.4) is 0 Å². The molecule has 0 unspecified atom stereocenters. The van der Waals surface area contributed by atoms with E-state index in [0.717, 1.165) is 12.1 Å². The van der Waals surface area contributed by atoms with Crippen molar-refractivity contribution in [2.75, 3.05) is 6.61 Å². The van der Waals surface area contributed by atoms with Crippen LogP contribution in [0.5, 0.6) is 5.75 Å². The van der Waals surface area contributed by atoms with Crippen LogP contribution in [0.1, 0.15) is 37.7 Å². The van der Waals surface area contributed by atoms with E-state index in [0.29, 0.717) is 19.3 Å². The van der Waals surface area contributed by atoms with Crippen molar-refractivity contribution in [3.8, 4) is 5.75 Å². The van der Waals surface area contributed by atoms with E-state index in [1.807, 2.05) is 12.2 Å². The molecule has 2 rings (SSSR count). The lowest BCUT2D eigenvalue weighted by Gasteiger charge is -2.19. The third-order valence-electron chi connectivity index (χ3n) is 5.39. The fourth-order valence-corrected chi connectivity index (χ4v) is 3.70. The lowest BCUT2D eigenvalue weighted by molar-refractivity contribution is -0.138. The van der Waals surface area contributed by atoms with E-state index in [2.05, 4.69) is 0 Å². The Bertz CT molecular complexity index is 792. The van der Waals surface area contributed by atoms with Gasteiger partial charge in [-0.05, 0) is 43.4 Å². The van der Waals surface area contributed by atoms with Crippen LogP contribution in [0.15, 0.2) is 48.6 Å². The highest BCUT2D eigenvalue weighted by molar-refractivity contribution is 5.66. The van der Waals surface area contributed by atoms with E-state index < -0.39 is 41.9 Å². The topological polar surface area (TPSA) is 107 Å². The Labute approximate surface area is 184 Å². The Kier molecular flexibility index (Phi) is 9.74. The molecule has 0 heterocycles. The number of aliphatic hydroxyl groups is 3. The fourth-order valence-electron chi connectivity index (χ4n) is 3.70. The maximum absolute atomic E-state index is 12.8. The molecule has 6 nitrogen and oxygen atoms in total. The summed E-state index contributed by atoms with van der Waals surface area (Å²) in [5, 5.41) is 39.2. The standard InChI is InChI=1S/C23H29F3O6/c24-23(25,26)15-6-5-7-17(12-15)32-14-16(27)10-11-19-18(20(28)13-21(19)29)8-3-1-2-4-9-22(30)31/h1,3,5-7,10-12,16,18-21,27-29H,2,4,8-9,13-14H2,(H,30,31)/b3-1-,11-10+/t16-,18+,19-,20+,21+/m0/s1. The average molecular weight is 458 g/mol. The summed E-state index contributed by atoms with van der Waals surface area (Å²) in [6.07, 6.45) is 1.48. The van der Waals surface area contributed by atoms with Crippen molar-refractivity contribution < 1.29 is 43.1 Å². The lowest BCUT2D eigenvalue weighted by atomic mass is 9.89. The minimum atomic E-state index is -4.49. The largest absolute Gasteiger partial charge is 0.491 e. The van der Waals surface area contributed by atoms with E-state index in [1.54, 1.807) is 6.08 Å². The maximum Gasteiger partial charge on any atom is 0.416 e. The van der Waals surface area contributed by atoms with Crippen molar-refractivity contribution in [1.29, 1.82) is 0 Å². The second-order valence-corrected chi connectivity index (χ2v) is 7.89. The van der Waals surface area contributed by atoms with E-state index in [1.165, 1.54) is 18.2 Å². The predicted molar refractivity (Wildman–Crippen MR) is 111 cm³/mol. The number of allylic oxidation sites excluding steroid dienone is 2. The zero-order valence-corrected chi connectivity index (χ0v) is 17.5. The normalized spacial score (nSPS) is 24.9. The summed E-state index contributed by atoms with van der Waals surface area (Å²) in [5.74, 6) is -1.55. The Morgan fingerprint density at radius 1 is 1.22 bits per heavy atom. The van der Waals surface area contributed by atoms with Gasteiger partial charge in [0.15, 0.2) is 0 Å². The Balaban J connectivity index is 1.87. The maximum atomic E-state index is 12.8. The zero-order valence-electron chi connectivity index (χ0n) is 17.5. The number of unbranched alkanes of at least 4 members (excludes halogenated alkanes) is 1. The van der Waals surface area contributed by atoms with Gasteiger partial charge in [0, 0.05) is 18.8 Å². The number of carbonyl (C=O) groups is 1. The Morgan fingerprint density at radius 2 is 1.97 bits per heavy atom. The van der Waals surface area contributed by atoms with Crippen molar-refractivity contribution in [3.63, 3.8) is 0 Å². The quantitative estimate of drug-likeness (QED) is 0.298. The molecule has 5 atom stereocenters. The predicted octanol–water partition coefficient (Wildman–Crippen LogP) is 3.56. The smallest absolute Gasteiger partial charge is 0.416 e. The highest BCUT2D eigenvalue weighted by atomic mass is 19.4. The number of hydrogen-bond acceptors (Lipinski definition) is 5. The van der Waals surface area contributed by atoms with Crippen molar-refractivity contribution >= 4 is 5.97 Å². The third kappa shape index (κ3) is 8.29. The number of carboxylic acid groups (broad SMARTS) is 1. The van der Waals surface area contributed by atoms with Crippen LogP contribution >= 0.6 is 0 Å². The minimum Gasteiger partial charge on any atom is -0.491 e. The van der Waals surface area contributed by atoms with Crippen molar-refractivity contribution in [1.82, 2.24) is 0 Å². The Hall–Kier alpha value is -2.36. The van der Waals surface area contributed by atoms with Crippen molar-refractivity contribution in [3.05, 3.63) is 54.1 Å². The minimum absolute atomic E-state index is 0.0190. The molecule has 0 saturated heterocycles. The summed E-state index contributed by atoms with van der Waals surface area (Å²) in [6.45, 7) is -0.267. The first-order chi connectivity index (χ1) is 15.1. The molecule has 178 valence electrons. The van der Waals surface area contributed by atoms with Gasteiger partial charge in [0.1, 0.15) is 18.5 Å². The first kappa shape index (κ1) is 25.9. The van der Waals surface area contributed by atoms with E-state index >= 15 is 0 Å². The molecule has 1 aromatic rings. The molecular formula is C23H29F3O6. The number of aliphatic carboxylic acids is 1. The summed E-state index contributed by atoms with van der Waals surface area (Å²) in [5.41, 5.74) is -0.845. The van der Waals surface area contributed by atoms with Crippen LogP contribution < -0.4 is 4.74 Å². The van der Waals surface area contributed by atoms with Gasteiger partial charge in [-0.2, -0.15) is 13.2 Å². The molecular weight excluding hydrogens is 429 g/mol. The molecule has 32 heavy (non-hydrogen) atoms. The van der Waals surface area contributed by atoms with Crippen LogP contribution in [0.2, 0.25) is 0 Å². The first-order valence-electron chi connectivity index (χ1n) is 10.5. The molecule has 0 amide bonds. The Morgan fingerprint density at radius 3 is 2.66 bits per heavy atom. The van der Waals surface area contributed by atoms with Crippen LogP contribution in [-0.2, 0) is 11.0 Å². The number of carboxylic acids is 1. The summed E-state index contributed by atoms with van der Waals surface area (Å²) < 4.78 is 43.5. The fraction of sp³-hybridized carbons (Fsp3) is 0.522. The molecule has 1 aromatic carbocycles. The van der Waals surface area contributed by atoms with Crippen molar-refractivity contribution in [2.24, 2.45) is 11.8 Å². The molecule has 1 saturated carbocycles. The summed E-state index contributed by atoms with van der Waals surface area (Å²) in [7, 11) is 0. The highest BCUT2D eigenvalue weighted by Gasteiger charge is 2.39. The molecule has 0 radical (unpaired) electrons.